The quantitative estimate of drug-likeness (QED) is 0.355. The summed E-state index contributed by atoms with van der Waals surface area (Å²) < 4.78 is 6.88. The highest BCUT2D eigenvalue weighted by Gasteiger charge is 2.19. The molecule has 0 fully saturated rings. The molecule has 0 aliphatic heterocycles. The minimum absolute atomic E-state index is 0.0175. The summed E-state index contributed by atoms with van der Waals surface area (Å²) in [5.74, 6) is -2.14. The number of rotatable bonds is 10. The molecule has 2 amide bonds. The summed E-state index contributed by atoms with van der Waals surface area (Å²) in [4.78, 5) is 75.0. The molecule has 3 aromatic rings. The van der Waals surface area contributed by atoms with Crippen LogP contribution in [0, 0.1) is 0 Å². The van der Waals surface area contributed by atoms with Gasteiger partial charge in [-0.05, 0) is 32.3 Å². The molecule has 13 nitrogen and oxygen atoms in total. The van der Waals surface area contributed by atoms with E-state index in [0.717, 1.165) is 40.3 Å². The van der Waals surface area contributed by atoms with E-state index in [9.17, 15) is 28.8 Å². The van der Waals surface area contributed by atoms with Gasteiger partial charge in [-0.15, -0.1) is 0 Å². The summed E-state index contributed by atoms with van der Waals surface area (Å²) in [6, 6.07) is 10.2. The molecule has 1 aromatic carbocycles. The van der Waals surface area contributed by atoms with Crippen molar-refractivity contribution < 1.29 is 24.2 Å². The van der Waals surface area contributed by atoms with Crippen molar-refractivity contribution in [2.45, 2.75) is 19.7 Å². The van der Waals surface area contributed by atoms with Crippen molar-refractivity contribution in [2.24, 2.45) is 0 Å². The van der Waals surface area contributed by atoms with Gasteiger partial charge in [0.25, 0.3) is 0 Å². The van der Waals surface area contributed by atoms with Gasteiger partial charge in [-0.2, -0.15) is 4.98 Å². The molecule has 2 N–H and O–H groups in total. The number of hydrogen-bond donors (Lipinski definition) is 2. The van der Waals surface area contributed by atoms with Crippen LogP contribution in [0.25, 0.3) is 0 Å². The molecule has 35 heavy (non-hydrogen) atoms. The summed E-state index contributed by atoms with van der Waals surface area (Å²) >= 11 is 0. The van der Waals surface area contributed by atoms with Gasteiger partial charge in [0, 0.05) is 19.3 Å². The van der Waals surface area contributed by atoms with E-state index in [4.69, 9.17) is 9.84 Å². The van der Waals surface area contributed by atoms with E-state index in [1.165, 1.54) is 12.3 Å². The number of carboxylic acids is 1. The number of carbonyl (C=O) groups is 3. The number of nitrogens with one attached hydrogen (secondary N) is 1. The van der Waals surface area contributed by atoms with Crippen molar-refractivity contribution in [3.8, 4) is 0 Å². The standard InChI is InChI=1S/C20H19N5O8S2/c26-15(23(11-16(27)28)8-9-25-19(31)34-35-20(25)32)10-24-7-6-14(21-17(24)29)22-18(30)33-12-13-4-2-1-3-5-13/h1-7H,8-12H2,(H,27,28)(H,21,22,29,30). The number of benzene rings is 1. The lowest BCUT2D eigenvalue weighted by Gasteiger charge is -2.21. The first-order valence-electron chi connectivity index (χ1n) is 9.97. The number of aromatic nitrogens is 3. The first kappa shape index (κ1) is 25.5. The molecule has 0 radical (unpaired) electrons. The van der Waals surface area contributed by atoms with Gasteiger partial charge in [0.1, 0.15) is 25.5 Å². The molecule has 0 atom stereocenters. The Morgan fingerprint density at radius 1 is 1.06 bits per heavy atom. The van der Waals surface area contributed by atoms with Crippen LogP contribution in [0.4, 0.5) is 10.6 Å². The summed E-state index contributed by atoms with van der Waals surface area (Å²) in [7, 11) is 1.48. The van der Waals surface area contributed by atoms with Crippen LogP contribution in [-0.2, 0) is 34.0 Å². The molecule has 0 unspecified atom stereocenters. The summed E-state index contributed by atoms with van der Waals surface area (Å²) in [6.07, 6.45) is 0.379. The summed E-state index contributed by atoms with van der Waals surface area (Å²) in [5.41, 5.74) is -0.0985. The van der Waals surface area contributed by atoms with Crippen molar-refractivity contribution in [1.82, 2.24) is 19.0 Å². The second-order valence-electron chi connectivity index (χ2n) is 6.97. The number of aliphatic carboxylic acids is 1. The van der Waals surface area contributed by atoms with E-state index in [1.807, 2.05) is 6.07 Å². The van der Waals surface area contributed by atoms with Crippen molar-refractivity contribution in [2.75, 3.05) is 18.4 Å². The fourth-order valence-corrected chi connectivity index (χ4v) is 4.52. The van der Waals surface area contributed by atoms with Crippen LogP contribution in [0.15, 0.2) is 57.0 Å². The molecule has 0 spiro atoms. The highest BCUT2D eigenvalue weighted by molar-refractivity contribution is 7.67. The Bertz CT molecular complexity index is 1350. The Hall–Kier alpha value is -4.11. The lowest BCUT2D eigenvalue weighted by atomic mass is 10.2. The molecule has 0 aliphatic carbocycles. The van der Waals surface area contributed by atoms with Crippen molar-refractivity contribution in [3.63, 3.8) is 0 Å². The predicted octanol–water partition coefficient (Wildman–Crippen LogP) is 0.250. The maximum atomic E-state index is 12.6. The molecule has 15 heteroatoms. The Morgan fingerprint density at radius 2 is 1.74 bits per heavy atom. The van der Waals surface area contributed by atoms with Gasteiger partial charge in [0.05, 0.1) is 0 Å². The molecule has 2 heterocycles. The van der Waals surface area contributed by atoms with Gasteiger partial charge < -0.3 is 14.7 Å². The van der Waals surface area contributed by atoms with Gasteiger partial charge in [-0.1, -0.05) is 30.3 Å². The van der Waals surface area contributed by atoms with Crippen LogP contribution >= 0.6 is 20.7 Å². The molecule has 0 saturated heterocycles. The third-order valence-electron chi connectivity index (χ3n) is 4.52. The average molecular weight is 522 g/mol. The van der Waals surface area contributed by atoms with Crippen molar-refractivity contribution in [1.29, 1.82) is 0 Å². The summed E-state index contributed by atoms with van der Waals surface area (Å²) in [6.45, 7) is -1.62. The third-order valence-corrected chi connectivity index (χ3v) is 6.43. The topological polar surface area (TPSA) is 170 Å². The third kappa shape index (κ3) is 7.44. The normalized spacial score (nSPS) is 10.5. The predicted molar refractivity (Wildman–Crippen MR) is 126 cm³/mol. The van der Waals surface area contributed by atoms with Crippen LogP contribution in [0.5, 0.6) is 0 Å². The number of ether oxygens (including phenoxy) is 1. The van der Waals surface area contributed by atoms with Crippen molar-refractivity contribution in [3.05, 3.63) is 78.0 Å². The van der Waals surface area contributed by atoms with Crippen LogP contribution in [0.2, 0.25) is 0 Å². The number of anilines is 1. The number of nitrogens with zero attached hydrogens (tertiary/aromatic N) is 4. The van der Waals surface area contributed by atoms with Gasteiger partial charge in [-0.3, -0.25) is 33.6 Å². The van der Waals surface area contributed by atoms with Gasteiger partial charge in [-0.25, -0.2) is 9.59 Å². The van der Waals surface area contributed by atoms with Gasteiger partial charge in [0.2, 0.25) is 5.91 Å². The van der Waals surface area contributed by atoms with E-state index < -0.39 is 46.5 Å². The molecule has 184 valence electrons. The second kappa shape index (κ2) is 11.8. The minimum atomic E-state index is -1.31. The molecule has 0 bridgehead atoms. The maximum absolute atomic E-state index is 12.6. The zero-order valence-electron chi connectivity index (χ0n) is 18.0. The zero-order chi connectivity index (χ0) is 25.4. The Balaban J connectivity index is 1.60. The largest absolute Gasteiger partial charge is 0.480 e. The van der Waals surface area contributed by atoms with Crippen LogP contribution in [0.1, 0.15) is 5.56 Å². The zero-order valence-corrected chi connectivity index (χ0v) is 19.6. The van der Waals surface area contributed by atoms with E-state index in [1.54, 1.807) is 24.3 Å². The summed E-state index contributed by atoms with van der Waals surface area (Å²) in [5, 5.41) is 11.4. The lowest BCUT2D eigenvalue weighted by molar-refractivity contribution is -0.144. The van der Waals surface area contributed by atoms with Gasteiger partial charge in [0.15, 0.2) is 0 Å². The monoisotopic (exact) mass is 521 g/mol. The maximum Gasteiger partial charge on any atom is 0.413 e. The first-order chi connectivity index (χ1) is 16.7. The molecular formula is C20H19N5O8S2. The molecule has 2 aromatic heterocycles. The number of carboxylic acid groups (broad SMARTS) is 1. The number of carbonyl (C=O) groups excluding carboxylic acids is 2. The Labute approximate surface area is 203 Å². The van der Waals surface area contributed by atoms with E-state index >= 15 is 0 Å². The van der Waals surface area contributed by atoms with Gasteiger partial charge >= 0.3 is 27.5 Å². The van der Waals surface area contributed by atoms with E-state index in [2.05, 4.69) is 10.3 Å². The van der Waals surface area contributed by atoms with E-state index in [0.29, 0.717) is 0 Å². The molecule has 0 aliphatic rings. The number of hydrogen-bond acceptors (Lipinski definition) is 10. The van der Waals surface area contributed by atoms with Crippen LogP contribution in [-0.4, -0.2) is 55.2 Å². The molecular weight excluding hydrogens is 502 g/mol. The first-order valence-corrected chi connectivity index (χ1v) is 12.1. The molecule has 3 rings (SSSR count). The number of amides is 2. The SMILES string of the molecule is O=C(O)CN(CCn1c(=O)ssc1=O)C(=O)Cn1ccc(NC(=O)OCc2ccccc2)nc1=O. The lowest BCUT2D eigenvalue weighted by Crippen LogP contribution is -2.43. The van der Waals surface area contributed by atoms with Crippen LogP contribution < -0.4 is 20.8 Å². The van der Waals surface area contributed by atoms with Crippen molar-refractivity contribution >= 4 is 44.5 Å². The average Bonchev–Trinajstić information content (AvgIpc) is 3.14. The fraction of sp³-hybridized carbons (Fsp3) is 0.250. The fourth-order valence-electron chi connectivity index (χ4n) is 2.82. The van der Waals surface area contributed by atoms with Crippen LogP contribution in [0.3, 0.4) is 0 Å². The Morgan fingerprint density at radius 3 is 2.37 bits per heavy atom. The Kier molecular flexibility index (Phi) is 8.63. The smallest absolute Gasteiger partial charge is 0.413 e. The highest BCUT2D eigenvalue weighted by Crippen LogP contribution is 2.04. The highest BCUT2D eigenvalue weighted by atomic mass is 32.9. The minimum Gasteiger partial charge on any atom is -0.480 e. The second-order valence-corrected chi connectivity index (χ2v) is 9.00. The molecule has 0 saturated carbocycles. The van der Waals surface area contributed by atoms with E-state index in [-0.39, 0.29) is 25.5 Å².